The van der Waals surface area contributed by atoms with E-state index in [1.165, 1.54) is 4.90 Å². The third-order valence-electron chi connectivity index (χ3n) is 4.89. The van der Waals surface area contributed by atoms with Gasteiger partial charge in [0.05, 0.1) is 11.9 Å². The van der Waals surface area contributed by atoms with Crippen molar-refractivity contribution in [3.63, 3.8) is 0 Å². The van der Waals surface area contributed by atoms with E-state index in [4.69, 9.17) is 0 Å². The van der Waals surface area contributed by atoms with E-state index in [0.717, 1.165) is 20.6 Å². The molecule has 33 heavy (non-hydrogen) atoms. The average molecular weight is 603 g/mol. The van der Waals surface area contributed by atoms with Crippen molar-refractivity contribution >= 4 is 59.4 Å². The Hall–Kier alpha value is -1.91. The molecule has 2 aromatic rings. The van der Waals surface area contributed by atoms with Crippen LogP contribution in [0.5, 0.6) is 0 Å². The van der Waals surface area contributed by atoms with Crippen LogP contribution < -0.4 is 9.62 Å². The van der Waals surface area contributed by atoms with Crippen molar-refractivity contribution in [1.82, 2.24) is 10.2 Å². The molecule has 0 saturated carbocycles. The van der Waals surface area contributed by atoms with Gasteiger partial charge in [0.25, 0.3) is 0 Å². The van der Waals surface area contributed by atoms with Crippen LogP contribution in [-0.2, 0) is 26.2 Å². The Labute approximate surface area is 212 Å². The molecule has 2 aromatic carbocycles. The zero-order chi connectivity index (χ0) is 24.8. The SMILES string of the molecule is CC(C)CNC(=O)C(C)N(Cc1cccc(Br)c1)C(=O)CN(c1ccccc1Br)S(C)(=O)=O. The van der Waals surface area contributed by atoms with Gasteiger partial charge in [0.1, 0.15) is 12.6 Å². The lowest BCUT2D eigenvalue weighted by atomic mass is 10.1. The predicted molar refractivity (Wildman–Crippen MR) is 138 cm³/mol. The molecular formula is C23H29Br2N3O4S. The van der Waals surface area contributed by atoms with Gasteiger partial charge in [-0.2, -0.15) is 0 Å². The van der Waals surface area contributed by atoms with Crippen LogP contribution in [0.3, 0.4) is 0 Å². The maximum absolute atomic E-state index is 13.5. The number of carbonyl (C=O) groups excluding carboxylic acids is 2. The van der Waals surface area contributed by atoms with Gasteiger partial charge < -0.3 is 10.2 Å². The summed E-state index contributed by atoms with van der Waals surface area (Å²) in [5.74, 6) is -0.520. The molecule has 2 amide bonds. The van der Waals surface area contributed by atoms with Crippen LogP contribution in [-0.4, -0.2) is 50.5 Å². The Kier molecular flexibility index (Phi) is 9.93. The van der Waals surface area contributed by atoms with E-state index in [9.17, 15) is 18.0 Å². The minimum Gasteiger partial charge on any atom is -0.354 e. The number of sulfonamides is 1. The summed E-state index contributed by atoms with van der Waals surface area (Å²) in [6, 6.07) is 13.4. The summed E-state index contributed by atoms with van der Waals surface area (Å²) in [4.78, 5) is 27.7. The van der Waals surface area contributed by atoms with E-state index in [1.807, 2.05) is 38.1 Å². The van der Waals surface area contributed by atoms with Crippen molar-refractivity contribution < 1.29 is 18.0 Å². The third kappa shape index (κ3) is 8.12. The van der Waals surface area contributed by atoms with E-state index in [0.29, 0.717) is 16.7 Å². The number of nitrogens with zero attached hydrogens (tertiary/aromatic N) is 2. The van der Waals surface area contributed by atoms with E-state index in [1.54, 1.807) is 31.2 Å². The molecule has 180 valence electrons. The first-order chi connectivity index (χ1) is 15.4. The van der Waals surface area contributed by atoms with Crippen LogP contribution in [0.2, 0.25) is 0 Å². The van der Waals surface area contributed by atoms with Gasteiger partial charge in [0, 0.05) is 22.0 Å². The van der Waals surface area contributed by atoms with Crippen LogP contribution in [0, 0.1) is 5.92 Å². The van der Waals surface area contributed by atoms with Crippen LogP contribution in [0.25, 0.3) is 0 Å². The van der Waals surface area contributed by atoms with Crippen molar-refractivity contribution in [2.24, 2.45) is 5.92 Å². The van der Waals surface area contributed by atoms with Gasteiger partial charge in [-0.15, -0.1) is 0 Å². The smallest absolute Gasteiger partial charge is 0.244 e. The molecule has 0 heterocycles. The number of benzene rings is 2. The lowest BCUT2D eigenvalue weighted by Gasteiger charge is -2.32. The number of amides is 2. The number of halogens is 2. The summed E-state index contributed by atoms with van der Waals surface area (Å²) >= 11 is 6.79. The highest BCUT2D eigenvalue weighted by Crippen LogP contribution is 2.28. The molecule has 0 radical (unpaired) electrons. The lowest BCUT2D eigenvalue weighted by molar-refractivity contribution is -0.139. The van der Waals surface area contributed by atoms with Gasteiger partial charge in [-0.25, -0.2) is 8.42 Å². The fourth-order valence-corrected chi connectivity index (χ4v) is 5.04. The van der Waals surface area contributed by atoms with Gasteiger partial charge in [0.2, 0.25) is 21.8 Å². The molecule has 0 aromatic heterocycles. The topological polar surface area (TPSA) is 86.8 Å². The van der Waals surface area contributed by atoms with Crippen molar-refractivity contribution in [2.75, 3.05) is 23.7 Å². The largest absolute Gasteiger partial charge is 0.354 e. The van der Waals surface area contributed by atoms with Gasteiger partial charge in [-0.05, 0) is 58.6 Å². The third-order valence-corrected chi connectivity index (χ3v) is 7.18. The molecule has 1 N–H and O–H groups in total. The summed E-state index contributed by atoms with van der Waals surface area (Å²) in [6.07, 6.45) is 1.05. The number of hydrogen-bond donors (Lipinski definition) is 1. The molecule has 0 aliphatic heterocycles. The predicted octanol–water partition coefficient (Wildman–Crippen LogP) is 4.17. The molecule has 0 saturated heterocycles. The summed E-state index contributed by atoms with van der Waals surface area (Å²) in [5, 5.41) is 2.86. The Balaban J connectivity index is 2.38. The fraction of sp³-hybridized carbons (Fsp3) is 0.391. The first kappa shape index (κ1) is 27.3. The molecule has 7 nitrogen and oxygen atoms in total. The molecule has 2 rings (SSSR count). The Morgan fingerprint density at radius 3 is 2.27 bits per heavy atom. The summed E-state index contributed by atoms with van der Waals surface area (Å²) in [7, 11) is -3.77. The van der Waals surface area contributed by atoms with E-state index in [2.05, 4.69) is 37.2 Å². The summed E-state index contributed by atoms with van der Waals surface area (Å²) in [6.45, 7) is 5.82. The summed E-state index contributed by atoms with van der Waals surface area (Å²) < 4.78 is 27.6. The first-order valence-electron chi connectivity index (χ1n) is 10.4. The van der Waals surface area contributed by atoms with Gasteiger partial charge in [-0.3, -0.25) is 13.9 Å². The molecule has 0 aliphatic carbocycles. The second-order valence-electron chi connectivity index (χ2n) is 8.19. The minimum absolute atomic E-state index is 0.155. The normalized spacial score (nSPS) is 12.3. The number of para-hydroxylation sites is 1. The molecule has 10 heteroatoms. The Morgan fingerprint density at radius 1 is 1.03 bits per heavy atom. The van der Waals surface area contributed by atoms with Crippen LogP contribution in [0.15, 0.2) is 57.5 Å². The fourth-order valence-electron chi connectivity index (χ4n) is 3.12. The van der Waals surface area contributed by atoms with E-state index < -0.39 is 28.5 Å². The highest BCUT2D eigenvalue weighted by molar-refractivity contribution is 9.10. The lowest BCUT2D eigenvalue weighted by Crippen LogP contribution is -2.51. The number of carbonyl (C=O) groups is 2. The van der Waals surface area contributed by atoms with Crippen molar-refractivity contribution in [2.45, 2.75) is 33.4 Å². The molecule has 1 atom stereocenters. The van der Waals surface area contributed by atoms with Gasteiger partial charge in [-0.1, -0.05) is 54.0 Å². The van der Waals surface area contributed by atoms with Crippen molar-refractivity contribution in [3.8, 4) is 0 Å². The second kappa shape index (κ2) is 12.0. The molecular weight excluding hydrogens is 574 g/mol. The minimum atomic E-state index is -3.77. The maximum Gasteiger partial charge on any atom is 0.244 e. The number of rotatable bonds is 10. The number of nitrogens with one attached hydrogen (secondary N) is 1. The summed E-state index contributed by atoms with van der Waals surface area (Å²) in [5.41, 5.74) is 1.17. The number of hydrogen-bond acceptors (Lipinski definition) is 4. The maximum atomic E-state index is 13.5. The van der Waals surface area contributed by atoms with Gasteiger partial charge >= 0.3 is 0 Å². The molecule has 0 spiro atoms. The highest BCUT2D eigenvalue weighted by atomic mass is 79.9. The second-order valence-corrected chi connectivity index (χ2v) is 11.9. The monoisotopic (exact) mass is 601 g/mol. The van der Waals surface area contributed by atoms with E-state index >= 15 is 0 Å². The standard InChI is InChI=1S/C23H29Br2N3O4S/c1-16(2)13-26-23(30)17(3)27(14-18-8-7-9-19(24)12-18)22(29)15-28(33(4,31)32)21-11-6-5-10-20(21)25/h5-12,16-17H,13-15H2,1-4H3,(H,26,30). The Bertz CT molecular complexity index is 1090. The first-order valence-corrected chi connectivity index (χ1v) is 13.9. The molecule has 1 unspecified atom stereocenters. The van der Waals surface area contributed by atoms with Crippen LogP contribution in [0.1, 0.15) is 26.3 Å². The van der Waals surface area contributed by atoms with E-state index in [-0.39, 0.29) is 18.4 Å². The molecule has 0 aliphatic rings. The van der Waals surface area contributed by atoms with Crippen molar-refractivity contribution in [3.05, 3.63) is 63.0 Å². The zero-order valence-corrected chi connectivity index (χ0v) is 23.1. The molecule has 0 fully saturated rings. The highest BCUT2D eigenvalue weighted by Gasteiger charge is 2.30. The number of anilines is 1. The van der Waals surface area contributed by atoms with Crippen LogP contribution in [0.4, 0.5) is 5.69 Å². The Morgan fingerprint density at radius 2 is 1.70 bits per heavy atom. The average Bonchev–Trinajstić information content (AvgIpc) is 2.73. The quantitative estimate of drug-likeness (QED) is 0.442. The zero-order valence-electron chi connectivity index (χ0n) is 19.1. The molecule has 0 bridgehead atoms. The van der Waals surface area contributed by atoms with Gasteiger partial charge in [0.15, 0.2) is 0 Å². The van der Waals surface area contributed by atoms with Crippen molar-refractivity contribution in [1.29, 1.82) is 0 Å². The van der Waals surface area contributed by atoms with Crippen LogP contribution >= 0.6 is 31.9 Å².